The van der Waals surface area contributed by atoms with Crippen LogP contribution in [0.25, 0.3) is 0 Å². The molecule has 2 rings (SSSR count). The van der Waals surface area contributed by atoms with Gasteiger partial charge in [0, 0.05) is 25.2 Å². The van der Waals surface area contributed by atoms with Crippen molar-refractivity contribution in [2.45, 2.75) is 26.3 Å². The van der Waals surface area contributed by atoms with E-state index in [1.807, 2.05) is 30.3 Å². The summed E-state index contributed by atoms with van der Waals surface area (Å²) < 4.78 is 10.5. The Morgan fingerprint density at radius 3 is 2.28 bits per heavy atom. The zero-order valence-electron chi connectivity index (χ0n) is 15.1. The van der Waals surface area contributed by atoms with Gasteiger partial charge in [0.2, 0.25) is 5.91 Å². The molecule has 0 saturated heterocycles. The van der Waals surface area contributed by atoms with Gasteiger partial charge in [0.15, 0.2) is 11.5 Å². The van der Waals surface area contributed by atoms with Crippen LogP contribution in [0.2, 0.25) is 0 Å². The van der Waals surface area contributed by atoms with Gasteiger partial charge in [-0.15, -0.1) is 0 Å². The number of carbonyl (C=O) groups is 1. The monoisotopic (exact) mass is 342 g/mol. The number of hydrogen-bond donors (Lipinski definition) is 2. The van der Waals surface area contributed by atoms with E-state index in [4.69, 9.17) is 9.47 Å². The average Bonchev–Trinajstić information content (AvgIpc) is 2.66. The summed E-state index contributed by atoms with van der Waals surface area (Å²) in [6.45, 7) is 3.19. The number of rotatable bonds is 9. The molecule has 0 aliphatic carbocycles. The molecule has 0 unspecified atom stereocenters. The van der Waals surface area contributed by atoms with Crippen molar-refractivity contribution in [2.24, 2.45) is 0 Å². The Hall–Kier alpha value is -2.69. The van der Waals surface area contributed by atoms with Gasteiger partial charge in [-0.25, -0.2) is 0 Å². The van der Waals surface area contributed by atoms with E-state index in [9.17, 15) is 4.79 Å². The first-order chi connectivity index (χ1) is 12.2. The highest BCUT2D eigenvalue weighted by Crippen LogP contribution is 2.27. The second kappa shape index (κ2) is 9.57. The fourth-order valence-corrected chi connectivity index (χ4v) is 2.46. The number of anilines is 1. The Balaban J connectivity index is 1.75. The van der Waals surface area contributed by atoms with Gasteiger partial charge in [0.05, 0.1) is 14.2 Å². The molecule has 0 aliphatic heterocycles. The molecule has 0 saturated carbocycles. The summed E-state index contributed by atoms with van der Waals surface area (Å²) in [7, 11) is 3.20. The third kappa shape index (κ3) is 5.71. The Morgan fingerprint density at radius 2 is 1.64 bits per heavy atom. The highest BCUT2D eigenvalue weighted by Gasteiger charge is 2.06. The van der Waals surface area contributed by atoms with E-state index >= 15 is 0 Å². The molecule has 5 heteroatoms. The molecule has 2 aromatic carbocycles. The van der Waals surface area contributed by atoms with Crippen LogP contribution in [0.3, 0.4) is 0 Å². The molecule has 0 fully saturated rings. The highest BCUT2D eigenvalue weighted by molar-refractivity contribution is 5.76. The first-order valence-electron chi connectivity index (χ1n) is 8.46. The SMILES string of the molecule is CCc1ccc(NCCC(=O)NCc2ccc(OC)c(OC)c2)cc1. The quantitative estimate of drug-likeness (QED) is 0.733. The molecular weight excluding hydrogens is 316 g/mol. The minimum Gasteiger partial charge on any atom is -0.493 e. The van der Waals surface area contributed by atoms with Gasteiger partial charge in [-0.05, 0) is 41.8 Å². The maximum atomic E-state index is 12.0. The van der Waals surface area contributed by atoms with Gasteiger partial charge >= 0.3 is 0 Å². The number of aryl methyl sites for hydroxylation is 1. The van der Waals surface area contributed by atoms with Crippen molar-refractivity contribution in [1.29, 1.82) is 0 Å². The van der Waals surface area contributed by atoms with Crippen molar-refractivity contribution in [3.05, 3.63) is 53.6 Å². The lowest BCUT2D eigenvalue weighted by Crippen LogP contribution is -2.24. The third-order valence-electron chi connectivity index (χ3n) is 3.98. The van der Waals surface area contributed by atoms with Crippen LogP contribution in [0, 0.1) is 0 Å². The molecular formula is C20H26N2O3. The lowest BCUT2D eigenvalue weighted by atomic mass is 10.1. The van der Waals surface area contributed by atoms with Crippen LogP contribution >= 0.6 is 0 Å². The summed E-state index contributed by atoms with van der Waals surface area (Å²) in [5.74, 6) is 1.34. The zero-order valence-corrected chi connectivity index (χ0v) is 15.1. The van der Waals surface area contributed by atoms with Gasteiger partial charge in [0.1, 0.15) is 0 Å². The van der Waals surface area contributed by atoms with Crippen molar-refractivity contribution in [2.75, 3.05) is 26.1 Å². The smallest absolute Gasteiger partial charge is 0.222 e. The van der Waals surface area contributed by atoms with Crippen LogP contribution in [0.1, 0.15) is 24.5 Å². The number of carbonyl (C=O) groups excluding carboxylic acids is 1. The molecule has 0 aromatic heterocycles. The molecule has 0 aliphatic rings. The van der Waals surface area contributed by atoms with Crippen molar-refractivity contribution in [1.82, 2.24) is 5.32 Å². The van der Waals surface area contributed by atoms with Crippen molar-refractivity contribution < 1.29 is 14.3 Å². The van der Waals surface area contributed by atoms with E-state index in [0.717, 1.165) is 17.7 Å². The van der Waals surface area contributed by atoms with Crippen molar-refractivity contribution >= 4 is 11.6 Å². The van der Waals surface area contributed by atoms with Gasteiger partial charge in [-0.3, -0.25) is 4.79 Å². The molecule has 5 nitrogen and oxygen atoms in total. The molecule has 0 radical (unpaired) electrons. The number of methoxy groups -OCH3 is 2. The standard InChI is InChI=1S/C20H26N2O3/c1-4-15-5-8-17(9-6-15)21-12-11-20(23)22-14-16-7-10-18(24-2)19(13-16)25-3/h5-10,13,21H,4,11-12,14H2,1-3H3,(H,22,23). The largest absolute Gasteiger partial charge is 0.493 e. The number of ether oxygens (including phenoxy) is 2. The molecule has 0 spiro atoms. The van der Waals surface area contributed by atoms with Crippen LogP contribution in [0.15, 0.2) is 42.5 Å². The minimum absolute atomic E-state index is 0.00691. The van der Waals surface area contributed by atoms with Gasteiger partial charge in [-0.1, -0.05) is 25.1 Å². The van der Waals surface area contributed by atoms with Crippen LogP contribution in [0.4, 0.5) is 5.69 Å². The minimum atomic E-state index is 0.00691. The summed E-state index contributed by atoms with van der Waals surface area (Å²) in [4.78, 5) is 12.0. The Morgan fingerprint density at radius 1 is 0.960 bits per heavy atom. The van der Waals surface area contributed by atoms with Gasteiger partial charge < -0.3 is 20.1 Å². The lowest BCUT2D eigenvalue weighted by molar-refractivity contribution is -0.121. The average molecular weight is 342 g/mol. The molecule has 25 heavy (non-hydrogen) atoms. The fraction of sp³-hybridized carbons (Fsp3) is 0.350. The van der Waals surface area contributed by atoms with Crippen molar-refractivity contribution in [3.8, 4) is 11.5 Å². The van der Waals surface area contributed by atoms with E-state index in [1.165, 1.54) is 5.56 Å². The first-order valence-corrected chi connectivity index (χ1v) is 8.46. The number of amides is 1. The molecule has 2 aromatic rings. The van der Waals surface area contributed by atoms with Crippen LogP contribution in [-0.4, -0.2) is 26.7 Å². The normalized spacial score (nSPS) is 10.2. The summed E-state index contributed by atoms with van der Waals surface area (Å²) in [6.07, 6.45) is 1.45. The Bertz CT molecular complexity index is 684. The predicted octanol–water partition coefficient (Wildman–Crippen LogP) is 3.38. The van der Waals surface area contributed by atoms with E-state index in [2.05, 4.69) is 29.7 Å². The van der Waals surface area contributed by atoms with E-state index in [0.29, 0.717) is 31.0 Å². The van der Waals surface area contributed by atoms with Gasteiger partial charge in [0.25, 0.3) is 0 Å². The third-order valence-corrected chi connectivity index (χ3v) is 3.98. The summed E-state index contributed by atoms with van der Waals surface area (Å²) in [5.41, 5.74) is 3.30. The van der Waals surface area contributed by atoms with Crippen molar-refractivity contribution in [3.63, 3.8) is 0 Å². The molecule has 0 atom stereocenters. The van der Waals surface area contributed by atoms with Gasteiger partial charge in [-0.2, -0.15) is 0 Å². The summed E-state index contributed by atoms with van der Waals surface area (Å²) in [6, 6.07) is 13.9. The van der Waals surface area contributed by atoms with Crippen LogP contribution in [-0.2, 0) is 17.8 Å². The lowest BCUT2D eigenvalue weighted by Gasteiger charge is -2.11. The molecule has 1 amide bonds. The Kier molecular flexibility index (Phi) is 7.14. The number of nitrogens with one attached hydrogen (secondary N) is 2. The maximum Gasteiger partial charge on any atom is 0.222 e. The molecule has 0 bridgehead atoms. The van der Waals surface area contributed by atoms with E-state index < -0.39 is 0 Å². The second-order valence-corrected chi connectivity index (χ2v) is 5.69. The topological polar surface area (TPSA) is 59.6 Å². The van der Waals surface area contributed by atoms with Crippen LogP contribution in [0.5, 0.6) is 11.5 Å². The number of hydrogen-bond acceptors (Lipinski definition) is 4. The number of benzene rings is 2. The second-order valence-electron chi connectivity index (χ2n) is 5.69. The molecule has 0 heterocycles. The highest BCUT2D eigenvalue weighted by atomic mass is 16.5. The van der Waals surface area contributed by atoms with E-state index in [-0.39, 0.29) is 5.91 Å². The molecule has 134 valence electrons. The summed E-state index contributed by atoms with van der Waals surface area (Å²) in [5, 5.41) is 6.18. The molecule has 2 N–H and O–H groups in total. The fourth-order valence-electron chi connectivity index (χ4n) is 2.46. The van der Waals surface area contributed by atoms with E-state index in [1.54, 1.807) is 14.2 Å². The zero-order chi connectivity index (χ0) is 18.1. The first kappa shape index (κ1) is 18.6. The Labute approximate surface area is 149 Å². The maximum absolute atomic E-state index is 12.0. The summed E-state index contributed by atoms with van der Waals surface area (Å²) >= 11 is 0. The van der Waals surface area contributed by atoms with Crippen LogP contribution < -0.4 is 20.1 Å². The predicted molar refractivity (Wildman–Crippen MR) is 100 cm³/mol.